The van der Waals surface area contributed by atoms with Gasteiger partial charge in [-0.15, -0.1) is 0 Å². The smallest absolute Gasteiger partial charge is 0.200 e. The van der Waals surface area contributed by atoms with E-state index in [0.717, 1.165) is 6.42 Å². The fraction of sp³-hybridized carbons (Fsp3) is 0.722. The molecule has 1 aromatic rings. The van der Waals surface area contributed by atoms with Crippen LogP contribution < -0.4 is 0 Å². The maximum Gasteiger partial charge on any atom is 0.200 e. The predicted molar refractivity (Wildman–Crippen MR) is 103 cm³/mol. The molecule has 0 saturated heterocycles. The molecular formula is C18H33NO3SSi. The number of unbranched alkanes of at least 4 members (excludes halogenated alkanes) is 1. The topological polar surface area (TPSA) is 56.3 Å². The highest BCUT2D eigenvalue weighted by atomic mass is 32.2. The second kappa shape index (κ2) is 9.11. The Morgan fingerprint density at radius 2 is 1.58 bits per heavy atom. The van der Waals surface area contributed by atoms with Crippen molar-refractivity contribution in [2.75, 3.05) is 12.4 Å². The lowest BCUT2D eigenvalue weighted by Crippen LogP contribution is -2.48. The van der Waals surface area contributed by atoms with E-state index in [1.54, 1.807) is 18.2 Å². The first-order valence-corrected chi connectivity index (χ1v) is 12.7. The van der Waals surface area contributed by atoms with Gasteiger partial charge in [0.15, 0.2) is 23.2 Å². The van der Waals surface area contributed by atoms with Gasteiger partial charge in [0, 0.05) is 12.8 Å². The quantitative estimate of drug-likeness (QED) is 0.437. The zero-order valence-electron chi connectivity index (χ0n) is 16.0. The standard InChI is InChI=1S/C18H33NO3SSi/c1-15(2)24(16(3)4,17(5)6)22-13-9-10-14-23(20,21)18-11-7-8-12-19-18/h7-8,11-12,15-17H,9-10,13-14H2,1-6H3. The van der Waals surface area contributed by atoms with Gasteiger partial charge in [0.25, 0.3) is 0 Å². The first kappa shape index (κ1) is 21.3. The van der Waals surface area contributed by atoms with Gasteiger partial charge >= 0.3 is 0 Å². The summed E-state index contributed by atoms with van der Waals surface area (Å²) in [5, 5.41) is 0.168. The van der Waals surface area contributed by atoms with Crippen LogP contribution >= 0.6 is 0 Å². The van der Waals surface area contributed by atoms with E-state index >= 15 is 0 Å². The van der Waals surface area contributed by atoms with Gasteiger partial charge in [-0.05, 0) is 41.6 Å². The first-order valence-electron chi connectivity index (χ1n) is 8.92. The SMILES string of the molecule is CC(C)[Si](OCCCCS(=O)(=O)c1ccccn1)(C(C)C)C(C)C. The fourth-order valence-electron chi connectivity index (χ4n) is 3.78. The monoisotopic (exact) mass is 371 g/mol. The van der Waals surface area contributed by atoms with Crippen molar-refractivity contribution in [1.29, 1.82) is 0 Å². The molecule has 4 nitrogen and oxygen atoms in total. The Kier molecular flexibility index (Phi) is 8.09. The minimum absolute atomic E-state index is 0.132. The van der Waals surface area contributed by atoms with Gasteiger partial charge < -0.3 is 4.43 Å². The molecule has 0 saturated carbocycles. The third kappa shape index (κ3) is 5.13. The van der Waals surface area contributed by atoms with Crippen LogP contribution in [0.25, 0.3) is 0 Å². The summed E-state index contributed by atoms with van der Waals surface area (Å²) in [6.07, 6.45) is 2.90. The third-order valence-corrected chi connectivity index (χ3v) is 12.6. The van der Waals surface area contributed by atoms with E-state index in [2.05, 4.69) is 46.5 Å². The van der Waals surface area contributed by atoms with E-state index in [0.29, 0.717) is 29.7 Å². The molecule has 0 aromatic carbocycles. The largest absolute Gasteiger partial charge is 0.416 e. The summed E-state index contributed by atoms with van der Waals surface area (Å²) in [5.74, 6) is 0.132. The fourth-order valence-corrected chi connectivity index (χ4v) is 10.6. The Bertz CT molecular complexity index is 564. The molecule has 0 spiro atoms. The van der Waals surface area contributed by atoms with Gasteiger partial charge in [0.1, 0.15) is 0 Å². The van der Waals surface area contributed by atoms with Gasteiger partial charge in [-0.3, -0.25) is 0 Å². The van der Waals surface area contributed by atoms with Crippen molar-refractivity contribution in [2.45, 2.75) is 76.0 Å². The van der Waals surface area contributed by atoms with Crippen molar-refractivity contribution in [1.82, 2.24) is 4.98 Å². The highest BCUT2D eigenvalue weighted by Crippen LogP contribution is 2.42. The second-order valence-electron chi connectivity index (χ2n) is 7.36. The Morgan fingerprint density at radius 3 is 2.04 bits per heavy atom. The molecular weight excluding hydrogens is 338 g/mol. The normalized spacial score (nSPS) is 13.2. The molecule has 0 aliphatic rings. The number of aromatic nitrogens is 1. The summed E-state index contributed by atoms with van der Waals surface area (Å²) >= 11 is 0. The Morgan fingerprint density at radius 1 is 1.00 bits per heavy atom. The Balaban J connectivity index is 2.56. The van der Waals surface area contributed by atoms with Gasteiger partial charge in [-0.1, -0.05) is 47.6 Å². The van der Waals surface area contributed by atoms with Crippen molar-refractivity contribution in [3.05, 3.63) is 24.4 Å². The Hall–Kier alpha value is -0.723. The second-order valence-corrected chi connectivity index (χ2v) is 14.9. The number of hydrogen-bond acceptors (Lipinski definition) is 4. The summed E-state index contributed by atoms with van der Waals surface area (Å²) in [6, 6.07) is 4.98. The molecule has 0 atom stereocenters. The molecule has 0 amide bonds. The molecule has 24 heavy (non-hydrogen) atoms. The zero-order valence-corrected chi connectivity index (χ0v) is 17.8. The maximum atomic E-state index is 12.2. The molecule has 0 aliphatic carbocycles. The van der Waals surface area contributed by atoms with E-state index in [-0.39, 0.29) is 10.8 Å². The number of sulfone groups is 1. The summed E-state index contributed by atoms with van der Waals surface area (Å²) < 4.78 is 30.9. The Labute approximate surface area is 149 Å². The van der Waals surface area contributed by atoms with E-state index < -0.39 is 18.2 Å². The van der Waals surface area contributed by atoms with Crippen LogP contribution in [-0.4, -0.2) is 34.1 Å². The van der Waals surface area contributed by atoms with Gasteiger partial charge in [0.05, 0.1) is 5.75 Å². The third-order valence-electron chi connectivity index (χ3n) is 4.82. The molecule has 138 valence electrons. The lowest BCUT2D eigenvalue weighted by Gasteiger charge is -2.42. The predicted octanol–water partition coefficient (Wildman–Crippen LogP) is 4.83. The van der Waals surface area contributed by atoms with Crippen LogP contribution in [0.4, 0.5) is 0 Å². The van der Waals surface area contributed by atoms with Crippen LogP contribution in [0, 0.1) is 0 Å². The van der Waals surface area contributed by atoms with Crippen molar-refractivity contribution in [3.63, 3.8) is 0 Å². The van der Waals surface area contributed by atoms with E-state index in [9.17, 15) is 8.42 Å². The number of hydrogen-bond donors (Lipinski definition) is 0. The van der Waals surface area contributed by atoms with Gasteiger partial charge in [0.2, 0.25) is 0 Å². The van der Waals surface area contributed by atoms with Crippen LogP contribution in [0.15, 0.2) is 29.4 Å². The van der Waals surface area contributed by atoms with Crippen LogP contribution in [-0.2, 0) is 14.3 Å². The average molecular weight is 372 g/mol. The van der Waals surface area contributed by atoms with Crippen LogP contribution in [0.2, 0.25) is 16.6 Å². The number of nitrogens with zero attached hydrogens (tertiary/aromatic N) is 1. The van der Waals surface area contributed by atoms with Crippen molar-refractivity contribution >= 4 is 18.2 Å². The van der Waals surface area contributed by atoms with Crippen LogP contribution in [0.5, 0.6) is 0 Å². The number of rotatable bonds is 10. The summed E-state index contributed by atoms with van der Waals surface area (Å²) in [4.78, 5) is 3.95. The van der Waals surface area contributed by atoms with Crippen molar-refractivity contribution < 1.29 is 12.8 Å². The summed E-state index contributed by atoms with van der Waals surface area (Å²) in [6.45, 7) is 14.2. The van der Waals surface area contributed by atoms with Crippen LogP contribution in [0.3, 0.4) is 0 Å². The highest BCUT2D eigenvalue weighted by molar-refractivity contribution is 7.91. The summed E-state index contributed by atoms with van der Waals surface area (Å²) in [7, 11) is -5.13. The molecule has 0 fully saturated rings. The molecule has 0 N–H and O–H groups in total. The lowest BCUT2D eigenvalue weighted by atomic mass is 10.4. The van der Waals surface area contributed by atoms with Gasteiger partial charge in [-0.2, -0.15) is 0 Å². The van der Waals surface area contributed by atoms with E-state index in [4.69, 9.17) is 4.43 Å². The maximum absolute atomic E-state index is 12.2. The molecule has 6 heteroatoms. The molecule has 1 heterocycles. The highest BCUT2D eigenvalue weighted by Gasteiger charge is 2.44. The van der Waals surface area contributed by atoms with Gasteiger partial charge in [-0.25, -0.2) is 13.4 Å². The molecule has 1 rings (SSSR count). The molecule has 0 unspecified atom stereocenters. The van der Waals surface area contributed by atoms with Crippen molar-refractivity contribution in [2.24, 2.45) is 0 Å². The van der Waals surface area contributed by atoms with E-state index in [1.807, 2.05) is 0 Å². The van der Waals surface area contributed by atoms with E-state index in [1.165, 1.54) is 6.20 Å². The lowest BCUT2D eigenvalue weighted by molar-refractivity contribution is 0.271. The van der Waals surface area contributed by atoms with Crippen molar-refractivity contribution in [3.8, 4) is 0 Å². The number of pyridine rings is 1. The first-order chi connectivity index (χ1) is 11.1. The zero-order chi connectivity index (χ0) is 18.4. The minimum atomic E-state index is -3.28. The summed E-state index contributed by atoms with van der Waals surface area (Å²) in [5.41, 5.74) is 1.65. The average Bonchev–Trinajstić information content (AvgIpc) is 2.50. The molecule has 0 aliphatic heterocycles. The van der Waals surface area contributed by atoms with Crippen LogP contribution in [0.1, 0.15) is 54.4 Å². The molecule has 1 aromatic heterocycles. The minimum Gasteiger partial charge on any atom is -0.416 e. The molecule has 0 radical (unpaired) electrons. The molecule has 0 bridgehead atoms.